The molecule has 1 N–H and O–H groups in total. The van der Waals surface area contributed by atoms with E-state index in [2.05, 4.69) is 21.6 Å². The van der Waals surface area contributed by atoms with Crippen molar-refractivity contribution in [3.63, 3.8) is 0 Å². The molecule has 0 radical (unpaired) electrons. The van der Waals surface area contributed by atoms with Gasteiger partial charge in [-0.05, 0) is 45.2 Å². The van der Waals surface area contributed by atoms with Crippen LogP contribution in [0.3, 0.4) is 0 Å². The first-order valence-electron chi connectivity index (χ1n) is 13.6. The zero-order valence-corrected chi connectivity index (χ0v) is 23.7. The van der Waals surface area contributed by atoms with E-state index in [0.29, 0.717) is 26.2 Å². The topological polar surface area (TPSA) is 84.6 Å². The first-order valence-corrected chi connectivity index (χ1v) is 14.8. The van der Waals surface area contributed by atoms with Crippen molar-refractivity contribution in [2.45, 2.75) is 67.8 Å². The zero-order chi connectivity index (χ0) is 27.8. The lowest BCUT2D eigenvalue weighted by Gasteiger charge is -2.32. The molecule has 39 heavy (non-hydrogen) atoms. The Morgan fingerprint density at radius 2 is 2.08 bits per heavy atom. The summed E-state index contributed by atoms with van der Waals surface area (Å²) >= 11 is 1.52. The minimum absolute atomic E-state index is 0.159. The van der Waals surface area contributed by atoms with Crippen molar-refractivity contribution < 1.29 is 28.1 Å². The number of morpholine rings is 1. The van der Waals surface area contributed by atoms with E-state index in [-0.39, 0.29) is 24.9 Å². The Bertz CT molecular complexity index is 1140. The van der Waals surface area contributed by atoms with Gasteiger partial charge in [-0.3, -0.25) is 9.80 Å². The summed E-state index contributed by atoms with van der Waals surface area (Å²) in [4.78, 5) is 8.50. The van der Waals surface area contributed by atoms with Gasteiger partial charge in [0.05, 0.1) is 37.1 Å². The van der Waals surface area contributed by atoms with Crippen molar-refractivity contribution in [3.05, 3.63) is 36.8 Å². The molecule has 0 amide bonds. The van der Waals surface area contributed by atoms with Crippen LogP contribution in [0.5, 0.6) is 0 Å². The van der Waals surface area contributed by atoms with Crippen LogP contribution in [0, 0.1) is 5.92 Å². The first-order chi connectivity index (χ1) is 18.6. The summed E-state index contributed by atoms with van der Waals surface area (Å²) in [6.45, 7) is 11.0. The predicted molar refractivity (Wildman–Crippen MR) is 144 cm³/mol. The van der Waals surface area contributed by atoms with Gasteiger partial charge in [-0.15, -0.1) is 18.3 Å². The molecule has 3 aliphatic heterocycles. The number of hydrogen-bond acceptors (Lipinski definition) is 9. The molecule has 2 aromatic rings. The number of aliphatic hydroxyl groups is 1. The fourth-order valence-electron chi connectivity index (χ4n) is 6.09. The van der Waals surface area contributed by atoms with Gasteiger partial charge in [-0.1, -0.05) is 6.08 Å². The lowest BCUT2D eigenvalue weighted by Crippen LogP contribution is -2.43. The largest absolute Gasteiger partial charge is 0.379 e. The molecule has 3 aliphatic rings. The number of alkyl halides is 2. The van der Waals surface area contributed by atoms with Crippen LogP contribution in [0.4, 0.5) is 8.78 Å². The van der Waals surface area contributed by atoms with Gasteiger partial charge >= 0.3 is 0 Å². The van der Waals surface area contributed by atoms with Gasteiger partial charge in [-0.2, -0.15) is 5.10 Å². The third kappa shape index (κ3) is 6.47. The standard InChI is InChI=1S/C27H39F2N5O4S/c1-5-19-22(15-33-16-27(28,29)14-18(33)8-9-32-10-12-36-13-11-32)37-24(23(19)38-26(2,3)35)20-6-7-21-25(39-4)30-17-31-34(20)21/h5-7,17-19,22-24,35H,1,8-16H2,2-4H3/t18-,19-,22-,23-,24+/m1/s1. The van der Waals surface area contributed by atoms with Crippen molar-refractivity contribution in [3.8, 4) is 0 Å². The molecule has 3 fully saturated rings. The van der Waals surface area contributed by atoms with E-state index >= 15 is 0 Å². The van der Waals surface area contributed by atoms with E-state index in [1.165, 1.54) is 18.1 Å². The van der Waals surface area contributed by atoms with Gasteiger partial charge in [0.25, 0.3) is 5.92 Å². The van der Waals surface area contributed by atoms with Crippen molar-refractivity contribution >= 4 is 17.3 Å². The van der Waals surface area contributed by atoms with E-state index in [0.717, 1.165) is 35.9 Å². The van der Waals surface area contributed by atoms with Crippen molar-refractivity contribution in [1.82, 2.24) is 24.4 Å². The molecule has 216 valence electrons. The molecule has 2 aromatic heterocycles. The molecular formula is C27H39F2N5O4S. The molecule has 5 heterocycles. The molecular weight excluding hydrogens is 528 g/mol. The minimum Gasteiger partial charge on any atom is -0.379 e. The Morgan fingerprint density at radius 1 is 1.31 bits per heavy atom. The van der Waals surface area contributed by atoms with Gasteiger partial charge in [0.15, 0.2) is 5.79 Å². The van der Waals surface area contributed by atoms with Crippen molar-refractivity contribution in [1.29, 1.82) is 0 Å². The Labute approximate surface area is 232 Å². The third-order valence-electron chi connectivity index (χ3n) is 7.84. The van der Waals surface area contributed by atoms with Crippen molar-refractivity contribution in [2.24, 2.45) is 5.92 Å². The number of thioether (sulfide) groups is 1. The van der Waals surface area contributed by atoms with Crippen LogP contribution < -0.4 is 0 Å². The van der Waals surface area contributed by atoms with Crippen LogP contribution in [0.15, 0.2) is 36.1 Å². The second-order valence-corrected chi connectivity index (χ2v) is 11.9. The number of nitrogens with zero attached hydrogens (tertiary/aromatic N) is 5. The summed E-state index contributed by atoms with van der Waals surface area (Å²) in [7, 11) is 0. The number of likely N-dealkylation sites (tertiary alicyclic amines) is 1. The molecule has 5 atom stereocenters. The SMILES string of the molecule is C=C[C@H]1[C@@H](OC(C)(C)O)[C@H](c2ccc3c(SC)ncnn23)O[C@@H]1CN1CC(F)(F)C[C@H]1CCN1CCOCC1. The highest BCUT2D eigenvalue weighted by atomic mass is 32.2. The number of ether oxygens (including phenoxy) is 3. The monoisotopic (exact) mass is 567 g/mol. The number of halogens is 2. The highest BCUT2D eigenvalue weighted by molar-refractivity contribution is 7.98. The van der Waals surface area contributed by atoms with Crippen LogP contribution in [0.2, 0.25) is 0 Å². The summed E-state index contributed by atoms with van der Waals surface area (Å²) in [6, 6.07) is 3.60. The fraction of sp³-hybridized carbons (Fsp3) is 0.704. The van der Waals surface area contributed by atoms with Crippen LogP contribution in [0.1, 0.15) is 38.5 Å². The molecule has 0 saturated carbocycles. The summed E-state index contributed by atoms with van der Waals surface area (Å²) in [5.74, 6) is -4.51. The number of hydrogen-bond donors (Lipinski definition) is 1. The second kappa shape index (κ2) is 11.7. The van der Waals surface area contributed by atoms with Gasteiger partial charge in [0.1, 0.15) is 23.6 Å². The van der Waals surface area contributed by atoms with Crippen LogP contribution >= 0.6 is 11.8 Å². The predicted octanol–water partition coefficient (Wildman–Crippen LogP) is 3.24. The number of fused-ring (bicyclic) bond motifs is 1. The third-order valence-corrected chi connectivity index (χ3v) is 8.54. The molecule has 0 spiro atoms. The van der Waals surface area contributed by atoms with Gasteiger partial charge in [0, 0.05) is 38.0 Å². The van der Waals surface area contributed by atoms with E-state index < -0.39 is 30.0 Å². The maximum Gasteiger partial charge on any atom is 0.262 e. The molecule has 9 nitrogen and oxygen atoms in total. The molecule has 0 bridgehead atoms. The fourth-order valence-corrected chi connectivity index (χ4v) is 6.60. The molecule has 3 saturated heterocycles. The molecule has 5 rings (SSSR count). The highest BCUT2D eigenvalue weighted by Gasteiger charge is 2.51. The van der Waals surface area contributed by atoms with E-state index in [9.17, 15) is 13.9 Å². The van der Waals surface area contributed by atoms with Crippen LogP contribution in [0.25, 0.3) is 5.52 Å². The smallest absolute Gasteiger partial charge is 0.262 e. The van der Waals surface area contributed by atoms with E-state index in [1.54, 1.807) is 24.4 Å². The maximum atomic E-state index is 14.7. The number of aromatic nitrogens is 3. The van der Waals surface area contributed by atoms with Gasteiger partial charge in [-0.25, -0.2) is 18.3 Å². The van der Waals surface area contributed by atoms with Gasteiger partial charge in [0.2, 0.25) is 0 Å². The lowest BCUT2D eigenvalue weighted by atomic mass is 9.94. The van der Waals surface area contributed by atoms with Gasteiger partial charge < -0.3 is 19.3 Å². The Hall–Kier alpha value is -1.67. The lowest BCUT2D eigenvalue weighted by molar-refractivity contribution is -0.219. The normalized spacial score (nSPS) is 30.4. The maximum absolute atomic E-state index is 14.7. The summed E-state index contributed by atoms with van der Waals surface area (Å²) in [6.07, 6.45) is 4.07. The summed E-state index contributed by atoms with van der Waals surface area (Å²) in [5, 5.41) is 15.9. The van der Waals surface area contributed by atoms with Crippen LogP contribution in [-0.4, -0.2) is 112 Å². The number of rotatable bonds is 10. The molecule has 0 aliphatic carbocycles. The quantitative estimate of drug-likeness (QED) is 0.264. The Kier molecular flexibility index (Phi) is 8.63. The summed E-state index contributed by atoms with van der Waals surface area (Å²) in [5.41, 5.74) is 1.59. The minimum atomic E-state index is -2.75. The molecule has 0 unspecified atom stereocenters. The average Bonchev–Trinajstić information content (AvgIpc) is 3.55. The van der Waals surface area contributed by atoms with E-state index in [1.807, 2.05) is 23.3 Å². The zero-order valence-electron chi connectivity index (χ0n) is 22.8. The van der Waals surface area contributed by atoms with Crippen molar-refractivity contribution in [2.75, 3.05) is 52.2 Å². The molecule has 12 heteroatoms. The summed E-state index contributed by atoms with van der Waals surface area (Å²) < 4.78 is 49.4. The Morgan fingerprint density at radius 3 is 2.77 bits per heavy atom. The second-order valence-electron chi connectivity index (χ2n) is 11.1. The van der Waals surface area contributed by atoms with Crippen LogP contribution in [-0.2, 0) is 14.2 Å². The van der Waals surface area contributed by atoms with E-state index in [4.69, 9.17) is 14.2 Å². The highest BCUT2D eigenvalue weighted by Crippen LogP contribution is 2.44. The Balaban J connectivity index is 1.39. The molecule has 0 aromatic carbocycles. The average molecular weight is 568 g/mol. The first kappa shape index (κ1) is 28.8.